The van der Waals surface area contributed by atoms with Crippen LogP contribution in [0.25, 0.3) is 0 Å². The van der Waals surface area contributed by atoms with Crippen molar-refractivity contribution in [1.82, 2.24) is 20.4 Å². The minimum Gasteiger partial charge on any atom is -0.357 e. The van der Waals surface area contributed by atoms with Crippen LogP contribution < -0.4 is 10.6 Å². The number of halogens is 1. The lowest BCUT2D eigenvalue weighted by molar-refractivity contribution is -0.130. The Hall–Kier alpha value is -1.35. The van der Waals surface area contributed by atoms with Gasteiger partial charge in [0.25, 0.3) is 0 Å². The number of likely N-dealkylation sites (tertiary alicyclic amines) is 1. The average molecular weight is 501 g/mol. The zero-order valence-corrected chi connectivity index (χ0v) is 20.0. The summed E-state index contributed by atoms with van der Waals surface area (Å²) in [6.45, 7) is 8.20. The van der Waals surface area contributed by atoms with Crippen LogP contribution in [-0.4, -0.2) is 68.0 Å². The second kappa shape index (κ2) is 13.0. The maximum atomic E-state index is 11.9. The molecule has 28 heavy (non-hydrogen) atoms. The van der Waals surface area contributed by atoms with Crippen molar-refractivity contribution < 1.29 is 4.79 Å². The van der Waals surface area contributed by atoms with Crippen molar-refractivity contribution in [2.24, 2.45) is 4.99 Å². The first kappa shape index (κ1) is 24.7. The molecule has 1 amide bonds. The van der Waals surface area contributed by atoms with Crippen LogP contribution in [0.4, 0.5) is 0 Å². The van der Waals surface area contributed by atoms with Crippen LogP contribution in [0.3, 0.4) is 0 Å². The topological polar surface area (TPSA) is 60.0 Å². The molecule has 0 unspecified atom stereocenters. The number of nitrogens with one attached hydrogen (secondary N) is 2. The summed E-state index contributed by atoms with van der Waals surface area (Å²) in [6.07, 6.45) is 3.08. The summed E-state index contributed by atoms with van der Waals surface area (Å²) >= 11 is 0. The number of aryl methyl sites for hydroxylation is 1. The SMILES string of the molecule is CCNC(=NCc1ccccc1CC)NC1CCN(CC(=O)N(C)C)CC1.I. The molecular weight excluding hydrogens is 465 g/mol. The summed E-state index contributed by atoms with van der Waals surface area (Å²) in [5, 5.41) is 6.94. The number of amides is 1. The van der Waals surface area contributed by atoms with Gasteiger partial charge in [-0.25, -0.2) is 4.99 Å². The first-order chi connectivity index (χ1) is 13.0. The van der Waals surface area contributed by atoms with Crippen molar-refractivity contribution in [2.45, 2.75) is 45.7 Å². The molecule has 1 aliphatic rings. The van der Waals surface area contributed by atoms with E-state index < -0.39 is 0 Å². The molecule has 158 valence electrons. The van der Waals surface area contributed by atoms with Crippen LogP contribution in [0.2, 0.25) is 0 Å². The fourth-order valence-electron chi connectivity index (χ4n) is 3.30. The molecule has 0 atom stereocenters. The number of rotatable bonds is 7. The van der Waals surface area contributed by atoms with Crippen LogP contribution in [0.15, 0.2) is 29.3 Å². The number of hydrogen-bond acceptors (Lipinski definition) is 3. The molecule has 1 heterocycles. The monoisotopic (exact) mass is 501 g/mol. The summed E-state index contributed by atoms with van der Waals surface area (Å²) in [6, 6.07) is 8.90. The molecule has 0 bridgehead atoms. The third-order valence-corrected chi connectivity index (χ3v) is 5.04. The Morgan fingerprint density at radius 1 is 1.18 bits per heavy atom. The van der Waals surface area contributed by atoms with Crippen molar-refractivity contribution >= 4 is 35.8 Å². The summed E-state index contributed by atoms with van der Waals surface area (Å²) in [4.78, 5) is 20.6. The zero-order chi connectivity index (χ0) is 19.6. The highest BCUT2D eigenvalue weighted by molar-refractivity contribution is 14.0. The molecule has 6 nitrogen and oxygen atoms in total. The van der Waals surface area contributed by atoms with Gasteiger partial charge in [0.05, 0.1) is 13.1 Å². The molecule has 0 aliphatic carbocycles. The Labute approximate surface area is 187 Å². The van der Waals surface area contributed by atoms with Gasteiger partial charge in [0, 0.05) is 39.8 Å². The van der Waals surface area contributed by atoms with E-state index in [0.29, 0.717) is 19.1 Å². The lowest BCUT2D eigenvalue weighted by Gasteiger charge is -2.33. The van der Waals surface area contributed by atoms with Crippen molar-refractivity contribution in [3.05, 3.63) is 35.4 Å². The maximum absolute atomic E-state index is 11.9. The number of aliphatic imine (C=N–C) groups is 1. The smallest absolute Gasteiger partial charge is 0.236 e. The zero-order valence-electron chi connectivity index (χ0n) is 17.7. The Kier molecular flexibility index (Phi) is 11.4. The van der Waals surface area contributed by atoms with E-state index >= 15 is 0 Å². The molecule has 0 aromatic heterocycles. The summed E-state index contributed by atoms with van der Waals surface area (Å²) < 4.78 is 0. The lowest BCUT2D eigenvalue weighted by Crippen LogP contribution is -2.50. The number of guanidine groups is 1. The molecule has 2 rings (SSSR count). The quantitative estimate of drug-likeness (QED) is 0.343. The van der Waals surface area contributed by atoms with Gasteiger partial charge in [-0.1, -0.05) is 31.2 Å². The van der Waals surface area contributed by atoms with Crippen LogP contribution in [0, 0.1) is 0 Å². The highest BCUT2D eigenvalue weighted by Crippen LogP contribution is 2.12. The summed E-state index contributed by atoms with van der Waals surface area (Å²) in [5.74, 6) is 1.05. The van der Waals surface area contributed by atoms with Gasteiger partial charge in [-0.15, -0.1) is 24.0 Å². The minimum absolute atomic E-state index is 0. The predicted molar refractivity (Wildman–Crippen MR) is 127 cm³/mol. The Bertz CT molecular complexity index is 627. The van der Waals surface area contributed by atoms with Crippen LogP contribution in [0.1, 0.15) is 37.8 Å². The van der Waals surface area contributed by atoms with Gasteiger partial charge < -0.3 is 15.5 Å². The van der Waals surface area contributed by atoms with Gasteiger partial charge in [0.2, 0.25) is 5.91 Å². The fourth-order valence-corrected chi connectivity index (χ4v) is 3.30. The second-order valence-electron chi connectivity index (χ2n) is 7.30. The van der Waals surface area contributed by atoms with Gasteiger partial charge in [-0.2, -0.15) is 0 Å². The second-order valence-corrected chi connectivity index (χ2v) is 7.30. The third-order valence-electron chi connectivity index (χ3n) is 5.04. The average Bonchev–Trinajstić information content (AvgIpc) is 2.67. The standard InChI is InChI=1S/C21H35N5O.HI/c1-5-17-9-7-8-10-18(17)15-23-21(22-6-2)24-19-11-13-26(14-12-19)16-20(27)25(3)4;/h7-10,19H,5-6,11-16H2,1-4H3,(H2,22,23,24);1H. The van der Waals surface area contributed by atoms with Crippen molar-refractivity contribution in [1.29, 1.82) is 0 Å². The van der Waals surface area contributed by atoms with E-state index in [1.54, 1.807) is 4.90 Å². The number of hydrogen-bond donors (Lipinski definition) is 2. The molecule has 1 saturated heterocycles. The van der Waals surface area contributed by atoms with Crippen molar-refractivity contribution in [3.8, 4) is 0 Å². The highest BCUT2D eigenvalue weighted by atomic mass is 127. The highest BCUT2D eigenvalue weighted by Gasteiger charge is 2.22. The number of carbonyl (C=O) groups is 1. The maximum Gasteiger partial charge on any atom is 0.236 e. The fraction of sp³-hybridized carbons (Fsp3) is 0.619. The normalized spacial score (nSPS) is 15.6. The molecule has 1 fully saturated rings. The van der Waals surface area contributed by atoms with Gasteiger partial charge in [-0.3, -0.25) is 9.69 Å². The minimum atomic E-state index is 0. The van der Waals surface area contributed by atoms with Gasteiger partial charge in [0.15, 0.2) is 5.96 Å². The number of carbonyl (C=O) groups excluding carboxylic acids is 1. The van der Waals surface area contributed by atoms with Crippen LogP contribution in [0.5, 0.6) is 0 Å². The van der Waals surface area contributed by atoms with E-state index in [1.165, 1.54) is 11.1 Å². The van der Waals surface area contributed by atoms with E-state index in [2.05, 4.69) is 53.6 Å². The van der Waals surface area contributed by atoms with Crippen molar-refractivity contribution in [2.75, 3.05) is 40.3 Å². The van der Waals surface area contributed by atoms with Crippen LogP contribution >= 0.6 is 24.0 Å². The number of nitrogens with zero attached hydrogens (tertiary/aromatic N) is 3. The van der Waals surface area contributed by atoms with Gasteiger partial charge >= 0.3 is 0 Å². The van der Waals surface area contributed by atoms with Gasteiger partial charge in [-0.05, 0) is 37.3 Å². The number of piperidine rings is 1. The third kappa shape index (κ3) is 7.95. The molecular formula is C21H36IN5O. The molecule has 0 radical (unpaired) electrons. The number of benzene rings is 1. The number of likely N-dealkylation sites (N-methyl/N-ethyl adjacent to an activating group) is 1. The Morgan fingerprint density at radius 3 is 2.39 bits per heavy atom. The molecule has 7 heteroatoms. The molecule has 0 saturated carbocycles. The van der Waals surface area contributed by atoms with Gasteiger partial charge in [0.1, 0.15) is 0 Å². The lowest BCUT2D eigenvalue weighted by atomic mass is 10.1. The van der Waals surface area contributed by atoms with E-state index in [0.717, 1.165) is 44.9 Å². The molecule has 0 spiro atoms. The predicted octanol–water partition coefficient (Wildman–Crippen LogP) is 2.47. The van der Waals surface area contributed by atoms with E-state index in [-0.39, 0.29) is 29.9 Å². The Morgan fingerprint density at radius 2 is 1.82 bits per heavy atom. The van der Waals surface area contributed by atoms with E-state index in [9.17, 15) is 4.79 Å². The summed E-state index contributed by atoms with van der Waals surface area (Å²) in [7, 11) is 3.62. The molecule has 1 aliphatic heterocycles. The van der Waals surface area contributed by atoms with E-state index in [1.807, 2.05) is 14.1 Å². The largest absolute Gasteiger partial charge is 0.357 e. The van der Waals surface area contributed by atoms with Crippen LogP contribution in [-0.2, 0) is 17.8 Å². The molecule has 2 N–H and O–H groups in total. The van der Waals surface area contributed by atoms with Crippen molar-refractivity contribution in [3.63, 3.8) is 0 Å². The Balaban J connectivity index is 0.00000392. The molecule has 1 aromatic rings. The first-order valence-corrected chi connectivity index (χ1v) is 10.1. The first-order valence-electron chi connectivity index (χ1n) is 10.1. The van der Waals surface area contributed by atoms with E-state index in [4.69, 9.17) is 4.99 Å². The summed E-state index contributed by atoms with van der Waals surface area (Å²) in [5.41, 5.74) is 2.64. The molecule has 1 aromatic carbocycles.